The lowest BCUT2D eigenvalue weighted by Gasteiger charge is -2.23. The summed E-state index contributed by atoms with van der Waals surface area (Å²) in [5.74, 6) is -0.971. The van der Waals surface area contributed by atoms with Crippen LogP contribution >= 0.6 is 0 Å². The molecule has 0 aliphatic rings. The fourth-order valence-electron chi connectivity index (χ4n) is 0.959. The second-order valence-corrected chi connectivity index (χ2v) is 3.09. The van der Waals surface area contributed by atoms with Gasteiger partial charge < -0.3 is 9.84 Å². The van der Waals surface area contributed by atoms with Crippen molar-refractivity contribution in [3.63, 3.8) is 0 Å². The molecule has 10 heteroatoms. The molecule has 0 aliphatic carbocycles. The Morgan fingerprint density at radius 3 is 2.11 bits per heavy atom. The summed E-state index contributed by atoms with van der Waals surface area (Å²) in [6.07, 6.45) is -13.7. The smallest absolute Gasteiger partial charge is 0.434 e. The van der Waals surface area contributed by atoms with E-state index in [4.69, 9.17) is 5.11 Å². The van der Waals surface area contributed by atoms with E-state index in [0.29, 0.717) is 6.20 Å². The minimum Gasteiger partial charge on any atom is -0.454 e. The largest absolute Gasteiger partial charge is 0.454 e. The van der Waals surface area contributed by atoms with Gasteiger partial charge in [0.25, 0.3) is 6.10 Å². The van der Waals surface area contributed by atoms with Crippen molar-refractivity contribution in [3.8, 4) is 5.88 Å². The third kappa shape index (κ3) is 3.72. The molecule has 0 bridgehead atoms. The van der Waals surface area contributed by atoms with Gasteiger partial charge in [-0.25, -0.2) is 4.98 Å². The first kappa shape index (κ1) is 14.5. The van der Waals surface area contributed by atoms with E-state index in [0.717, 1.165) is 6.20 Å². The Morgan fingerprint density at radius 1 is 1.11 bits per heavy atom. The zero-order valence-electron chi connectivity index (χ0n) is 8.46. The van der Waals surface area contributed by atoms with Gasteiger partial charge in [0.15, 0.2) is 0 Å². The Balaban J connectivity index is 2.97. The summed E-state index contributed by atoms with van der Waals surface area (Å²) in [5, 5.41) is 8.61. The number of aliphatic hydroxyl groups is 1. The molecule has 0 saturated carbocycles. The number of nitrogens with zero attached hydrogens (tertiary/aromatic N) is 2. The minimum atomic E-state index is -5.63. The summed E-state index contributed by atoms with van der Waals surface area (Å²) in [4.78, 5) is 6.51. The van der Waals surface area contributed by atoms with Gasteiger partial charge in [-0.1, -0.05) is 0 Å². The molecular weight excluding hydrogens is 270 g/mol. The number of hydrogen-bond donors (Lipinski definition) is 1. The Kier molecular flexibility index (Phi) is 3.99. The summed E-state index contributed by atoms with van der Waals surface area (Å²) in [6, 6.07) is 0. The molecule has 0 spiro atoms. The number of halogens is 6. The van der Waals surface area contributed by atoms with Crippen LogP contribution in [0, 0.1) is 0 Å². The average Bonchev–Trinajstić information content (AvgIpc) is 2.23. The van der Waals surface area contributed by atoms with E-state index in [1.165, 1.54) is 0 Å². The molecule has 0 fully saturated rings. The Labute approximate surface area is 96.2 Å². The fraction of sp³-hybridized carbons (Fsp3) is 0.500. The van der Waals surface area contributed by atoms with Crippen molar-refractivity contribution < 1.29 is 36.2 Å². The van der Waals surface area contributed by atoms with Gasteiger partial charge >= 0.3 is 12.4 Å². The van der Waals surface area contributed by atoms with Crippen LogP contribution in [-0.4, -0.2) is 33.5 Å². The Hall–Kier alpha value is -1.58. The molecule has 0 aliphatic heterocycles. The van der Waals surface area contributed by atoms with E-state index < -0.39 is 30.9 Å². The Bertz CT molecular complexity index is 391. The van der Waals surface area contributed by atoms with Gasteiger partial charge in [0, 0.05) is 0 Å². The zero-order valence-corrected chi connectivity index (χ0v) is 8.46. The van der Waals surface area contributed by atoms with Crippen LogP contribution in [0.1, 0.15) is 5.69 Å². The van der Waals surface area contributed by atoms with E-state index in [9.17, 15) is 26.3 Å². The van der Waals surface area contributed by atoms with Gasteiger partial charge in [0.2, 0.25) is 5.88 Å². The van der Waals surface area contributed by atoms with Gasteiger partial charge in [-0.05, 0) is 0 Å². The van der Waals surface area contributed by atoms with E-state index in [-0.39, 0.29) is 5.69 Å². The van der Waals surface area contributed by atoms with Crippen molar-refractivity contribution in [3.05, 3.63) is 18.1 Å². The normalized spacial score (nSPS) is 12.9. The van der Waals surface area contributed by atoms with E-state index in [2.05, 4.69) is 14.7 Å². The van der Waals surface area contributed by atoms with Gasteiger partial charge in [0.05, 0.1) is 24.7 Å². The number of aromatic nitrogens is 2. The van der Waals surface area contributed by atoms with Crippen LogP contribution < -0.4 is 4.74 Å². The number of alkyl halides is 6. The van der Waals surface area contributed by atoms with Crippen molar-refractivity contribution >= 4 is 0 Å². The fourth-order valence-corrected chi connectivity index (χ4v) is 0.959. The monoisotopic (exact) mass is 276 g/mol. The lowest BCUT2D eigenvalue weighted by atomic mass is 10.3. The highest BCUT2D eigenvalue weighted by Crippen LogP contribution is 2.35. The molecule has 0 saturated heterocycles. The standard InChI is InChI=1S/C8H6F6N2O2/c9-7(10,11)6(8(12,13)14)18-5-2-15-1-4(3-17)16-5/h1-2,6,17H,3H2. The molecule has 102 valence electrons. The second kappa shape index (κ2) is 4.96. The quantitative estimate of drug-likeness (QED) is 0.856. The van der Waals surface area contributed by atoms with Crippen molar-refractivity contribution in [2.45, 2.75) is 25.1 Å². The summed E-state index contributed by atoms with van der Waals surface area (Å²) in [7, 11) is 0. The molecule has 0 unspecified atom stereocenters. The maximum Gasteiger partial charge on any atom is 0.434 e. The van der Waals surface area contributed by atoms with Crippen molar-refractivity contribution in [2.75, 3.05) is 0 Å². The molecule has 4 nitrogen and oxygen atoms in total. The lowest BCUT2D eigenvalue weighted by Crippen LogP contribution is -2.46. The van der Waals surface area contributed by atoms with Crippen LogP contribution in [0.3, 0.4) is 0 Å². The zero-order chi connectivity index (χ0) is 14.0. The van der Waals surface area contributed by atoms with Crippen molar-refractivity contribution in [1.29, 1.82) is 0 Å². The molecule has 1 heterocycles. The van der Waals surface area contributed by atoms with Crippen molar-refractivity contribution in [2.24, 2.45) is 0 Å². The highest BCUT2D eigenvalue weighted by atomic mass is 19.4. The van der Waals surface area contributed by atoms with E-state index >= 15 is 0 Å². The molecule has 0 atom stereocenters. The highest BCUT2D eigenvalue weighted by Gasteiger charge is 2.59. The molecule has 1 aromatic rings. The number of aliphatic hydroxyl groups excluding tert-OH is 1. The maximum atomic E-state index is 12.1. The first-order chi connectivity index (χ1) is 8.14. The Morgan fingerprint density at radius 2 is 1.67 bits per heavy atom. The van der Waals surface area contributed by atoms with Crippen LogP contribution in [0.2, 0.25) is 0 Å². The molecule has 18 heavy (non-hydrogen) atoms. The van der Waals surface area contributed by atoms with E-state index in [1.807, 2.05) is 0 Å². The van der Waals surface area contributed by atoms with Crippen LogP contribution in [0.5, 0.6) is 5.88 Å². The van der Waals surface area contributed by atoms with Gasteiger partial charge in [-0.15, -0.1) is 0 Å². The lowest BCUT2D eigenvalue weighted by molar-refractivity contribution is -0.300. The molecule has 0 aromatic carbocycles. The van der Waals surface area contributed by atoms with Crippen LogP contribution in [0.25, 0.3) is 0 Å². The summed E-state index contributed by atoms with van der Waals surface area (Å²) in [6.45, 7) is -0.688. The van der Waals surface area contributed by atoms with Crippen molar-refractivity contribution in [1.82, 2.24) is 9.97 Å². The third-order valence-electron chi connectivity index (χ3n) is 1.66. The number of hydrogen-bond acceptors (Lipinski definition) is 4. The minimum absolute atomic E-state index is 0.212. The predicted octanol–water partition coefficient (Wildman–Crippen LogP) is 1.84. The summed E-state index contributed by atoms with van der Waals surface area (Å²) < 4.78 is 76.6. The first-order valence-electron chi connectivity index (χ1n) is 4.36. The predicted molar refractivity (Wildman–Crippen MR) is 44.5 cm³/mol. The number of rotatable bonds is 3. The van der Waals surface area contributed by atoms with E-state index in [1.54, 1.807) is 0 Å². The van der Waals surface area contributed by atoms with Gasteiger partial charge in [0.1, 0.15) is 0 Å². The maximum absolute atomic E-state index is 12.1. The van der Waals surface area contributed by atoms with Crippen LogP contribution in [-0.2, 0) is 6.61 Å². The second-order valence-electron chi connectivity index (χ2n) is 3.09. The summed E-state index contributed by atoms with van der Waals surface area (Å²) in [5.41, 5.74) is -0.212. The van der Waals surface area contributed by atoms with Crippen LogP contribution in [0.4, 0.5) is 26.3 Å². The third-order valence-corrected chi connectivity index (χ3v) is 1.66. The average molecular weight is 276 g/mol. The topological polar surface area (TPSA) is 55.2 Å². The first-order valence-corrected chi connectivity index (χ1v) is 4.36. The van der Waals surface area contributed by atoms with Crippen LogP contribution in [0.15, 0.2) is 12.4 Å². The number of ether oxygens (including phenoxy) is 1. The molecule has 1 N–H and O–H groups in total. The van der Waals surface area contributed by atoms with Gasteiger partial charge in [-0.2, -0.15) is 26.3 Å². The molecule has 1 rings (SSSR count). The van der Waals surface area contributed by atoms with Gasteiger partial charge in [-0.3, -0.25) is 4.98 Å². The molecule has 0 radical (unpaired) electrons. The SMILES string of the molecule is OCc1cncc(OC(C(F)(F)F)C(F)(F)F)n1. The molecule has 1 aromatic heterocycles. The summed E-state index contributed by atoms with van der Waals surface area (Å²) >= 11 is 0. The molecule has 0 amide bonds. The highest BCUT2D eigenvalue weighted by molar-refractivity contribution is 5.08. The molecular formula is C8H6F6N2O2.